The summed E-state index contributed by atoms with van der Waals surface area (Å²) >= 11 is 5.51. The molecule has 5 nitrogen and oxygen atoms in total. The molecule has 6 heteroatoms. The second kappa shape index (κ2) is 3.44. The fraction of sp³-hybridized carbons (Fsp3) is 0.333. The van der Waals surface area contributed by atoms with Crippen LogP contribution in [0.1, 0.15) is 12.7 Å². The molecule has 0 aliphatic heterocycles. The van der Waals surface area contributed by atoms with E-state index >= 15 is 0 Å². The Hall–Kier alpha value is -1.23. The number of aromatic nitrogens is 2. The van der Waals surface area contributed by atoms with E-state index in [2.05, 4.69) is 9.97 Å². The Morgan fingerprint density at radius 1 is 1.75 bits per heavy atom. The molecule has 0 unspecified atom stereocenters. The van der Waals surface area contributed by atoms with Crippen LogP contribution in [-0.2, 0) is 6.42 Å². The van der Waals surface area contributed by atoms with Crippen LogP contribution in [0.25, 0.3) is 0 Å². The van der Waals surface area contributed by atoms with Crippen LogP contribution >= 0.6 is 11.6 Å². The summed E-state index contributed by atoms with van der Waals surface area (Å²) in [5, 5.41) is 10.2. The predicted molar refractivity (Wildman–Crippen MR) is 43.1 cm³/mol. The van der Waals surface area contributed by atoms with Crippen molar-refractivity contribution in [1.29, 1.82) is 0 Å². The fourth-order valence-corrected chi connectivity index (χ4v) is 0.897. The molecular weight excluding hydrogens is 182 g/mol. The highest BCUT2D eigenvalue weighted by Gasteiger charge is 2.13. The van der Waals surface area contributed by atoms with Crippen LogP contribution in [0.2, 0.25) is 5.15 Å². The van der Waals surface area contributed by atoms with Gasteiger partial charge in [0.05, 0.1) is 4.92 Å². The molecule has 0 amide bonds. The Kier molecular flexibility index (Phi) is 2.54. The zero-order valence-corrected chi connectivity index (χ0v) is 7.08. The highest BCUT2D eigenvalue weighted by Crippen LogP contribution is 2.19. The number of hydrogen-bond acceptors (Lipinski definition) is 4. The van der Waals surface area contributed by atoms with Crippen LogP contribution in [0.3, 0.4) is 0 Å². The van der Waals surface area contributed by atoms with E-state index in [0.717, 1.165) is 6.20 Å². The molecule has 0 aliphatic carbocycles. The molecule has 1 heterocycles. The molecule has 64 valence electrons. The predicted octanol–water partition coefficient (Wildman–Crippen LogP) is 1.60. The van der Waals surface area contributed by atoms with E-state index in [1.54, 1.807) is 0 Å². The summed E-state index contributed by atoms with van der Waals surface area (Å²) in [4.78, 5) is 17.1. The first-order valence-electron chi connectivity index (χ1n) is 3.31. The molecule has 12 heavy (non-hydrogen) atoms. The van der Waals surface area contributed by atoms with Crippen molar-refractivity contribution in [2.75, 3.05) is 0 Å². The average Bonchev–Trinajstić information content (AvgIpc) is 2.03. The van der Waals surface area contributed by atoms with E-state index in [-0.39, 0.29) is 10.8 Å². The van der Waals surface area contributed by atoms with Crippen molar-refractivity contribution in [3.05, 3.63) is 27.3 Å². The van der Waals surface area contributed by atoms with Crippen molar-refractivity contribution in [3.8, 4) is 0 Å². The molecule has 0 aromatic carbocycles. The Morgan fingerprint density at radius 2 is 2.42 bits per heavy atom. The summed E-state index contributed by atoms with van der Waals surface area (Å²) in [6.45, 7) is 1.84. The van der Waals surface area contributed by atoms with Gasteiger partial charge >= 0.3 is 5.69 Å². The highest BCUT2D eigenvalue weighted by molar-refractivity contribution is 6.31. The highest BCUT2D eigenvalue weighted by atomic mass is 35.5. The topological polar surface area (TPSA) is 68.9 Å². The van der Waals surface area contributed by atoms with Crippen LogP contribution < -0.4 is 0 Å². The Morgan fingerprint density at radius 3 is 2.83 bits per heavy atom. The number of rotatable bonds is 2. The molecule has 0 bridgehead atoms. The number of aryl methyl sites for hydroxylation is 1. The summed E-state index contributed by atoms with van der Waals surface area (Å²) in [7, 11) is 0. The molecule has 1 aromatic heterocycles. The Balaban J connectivity index is 3.12. The van der Waals surface area contributed by atoms with E-state index in [9.17, 15) is 10.1 Å². The van der Waals surface area contributed by atoms with E-state index in [4.69, 9.17) is 11.6 Å². The lowest BCUT2D eigenvalue weighted by Gasteiger charge is -1.95. The molecule has 1 rings (SSSR count). The minimum Gasteiger partial charge on any atom is -0.258 e. The number of hydrogen-bond donors (Lipinski definition) is 0. The largest absolute Gasteiger partial charge is 0.324 e. The maximum absolute atomic E-state index is 10.3. The van der Waals surface area contributed by atoms with Crippen LogP contribution in [0.15, 0.2) is 6.20 Å². The molecule has 0 N–H and O–H groups in total. The number of nitrogens with zero attached hydrogens (tertiary/aromatic N) is 3. The first kappa shape index (κ1) is 8.86. The molecule has 0 atom stereocenters. The molecule has 0 saturated heterocycles. The van der Waals surface area contributed by atoms with Gasteiger partial charge in [0.25, 0.3) is 0 Å². The maximum atomic E-state index is 10.3. The lowest BCUT2D eigenvalue weighted by atomic mass is 10.4. The second-order valence-electron chi connectivity index (χ2n) is 2.07. The van der Waals surface area contributed by atoms with E-state index in [1.807, 2.05) is 6.92 Å². The Labute approximate surface area is 73.6 Å². The van der Waals surface area contributed by atoms with Crippen LogP contribution in [0, 0.1) is 10.1 Å². The summed E-state index contributed by atoms with van der Waals surface area (Å²) in [5.41, 5.74) is -0.256. The molecular formula is C6H6ClN3O2. The van der Waals surface area contributed by atoms with Gasteiger partial charge in [0.1, 0.15) is 12.0 Å². The van der Waals surface area contributed by atoms with Gasteiger partial charge in [-0.1, -0.05) is 18.5 Å². The zero-order valence-electron chi connectivity index (χ0n) is 6.32. The normalized spacial score (nSPS) is 9.83. The molecule has 0 spiro atoms. The van der Waals surface area contributed by atoms with Crippen molar-refractivity contribution < 1.29 is 4.92 Å². The lowest BCUT2D eigenvalue weighted by Crippen LogP contribution is -1.97. The van der Waals surface area contributed by atoms with Gasteiger partial charge in [-0.2, -0.15) is 0 Å². The maximum Gasteiger partial charge on any atom is 0.324 e. The molecule has 0 radical (unpaired) electrons. The third-order valence-electron chi connectivity index (χ3n) is 1.29. The minimum atomic E-state index is -0.609. The van der Waals surface area contributed by atoms with Gasteiger partial charge in [0.2, 0.25) is 5.15 Å². The summed E-state index contributed by atoms with van der Waals surface area (Å²) in [6.07, 6.45) is 1.73. The first-order chi connectivity index (χ1) is 5.65. The molecule has 0 saturated carbocycles. The quantitative estimate of drug-likeness (QED) is 0.401. The van der Waals surface area contributed by atoms with Crippen molar-refractivity contribution in [3.63, 3.8) is 0 Å². The smallest absolute Gasteiger partial charge is 0.258 e. The standard InChI is InChI=1S/C6H6ClN3O2/c1-2-5-8-3-4(10(11)12)6(7)9-5/h3H,2H2,1H3. The molecule has 0 fully saturated rings. The van der Waals surface area contributed by atoms with Crippen LogP contribution in [0.5, 0.6) is 0 Å². The summed E-state index contributed by atoms with van der Waals surface area (Å²) in [6, 6.07) is 0. The lowest BCUT2D eigenvalue weighted by molar-refractivity contribution is -0.385. The molecule has 0 aliphatic rings. The monoisotopic (exact) mass is 187 g/mol. The number of nitro groups is 1. The van der Waals surface area contributed by atoms with Gasteiger partial charge in [-0.25, -0.2) is 9.97 Å². The first-order valence-corrected chi connectivity index (χ1v) is 3.68. The van der Waals surface area contributed by atoms with Gasteiger partial charge in [-0.05, 0) is 0 Å². The fourth-order valence-electron chi connectivity index (χ4n) is 0.681. The van der Waals surface area contributed by atoms with Gasteiger partial charge in [0, 0.05) is 6.42 Å². The zero-order chi connectivity index (χ0) is 9.14. The summed E-state index contributed by atoms with van der Waals surface area (Å²) < 4.78 is 0. The van der Waals surface area contributed by atoms with Crippen LogP contribution in [0.4, 0.5) is 5.69 Å². The van der Waals surface area contributed by atoms with Crippen molar-refractivity contribution >= 4 is 17.3 Å². The van der Waals surface area contributed by atoms with E-state index < -0.39 is 4.92 Å². The number of halogens is 1. The van der Waals surface area contributed by atoms with E-state index in [1.165, 1.54) is 0 Å². The van der Waals surface area contributed by atoms with E-state index in [0.29, 0.717) is 12.2 Å². The Bertz CT molecular complexity index is 316. The van der Waals surface area contributed by atoms with Crippen molar-refractivity contribution in [2.24, 2.45) is 0 Å². The van der Waals surface area contributed by atoms with Gasteiger partial charge < -0.3 is 0 Å². The van der Waals surface area contributed by atoms with Crippen molar-refractivity contribution in [1.82, 2.24) is 9.97 Å². The van der Waals surface area contributed by atoms with Crippen LogP contribution in [-0.4, -0.2) is 14.9 Å². The molecule has 1 aromatic rings. The summed E-state index contributed by atoms with van der Waals surface area (Å²) in [5.74, 6) is 0.505. The van der Waals surface area contributed by atoms with Gasteiger partial charge in [-0.15, -0.1) is 0 Å². The third-order valence-corrected chi connectivity index (χ3v) is 1.57. The van der Waals surface area contributed by atoms with Gasteiger partial charge in [-0.3, -0.25) is 10.1 Å². The van der Waals surface area contributed by atoms with Gasteiger partial charge in [0.15, 0.2) is 0 Å². The average molecular weight is 188 g/mol. The second-order valence-corrected chi connectivity index (χ2v) is 2.43. The third kappa shape index (κ3) is 1.68. The van der Waals surface area contributed by atoms with Crippen molar-refractivity contribution in [2.45, 2.75) is 13.3 Å². The SMILES string of the molecule is CCc1ncc([N+](=O)[O-])c(Cl)n1. The minimum absolute atomic E-state index is 0.105.